The summed E-state index contributed by atoms with van der Waals surface area (Å²) < 4.78 is 16.2. The van der Waals surface area contributed by atoms with Crippen molar-refractivity contribution >= 4 is 17.7 Å². The quantitative estimate of drug-likeness (QED) is 0.127. The fourth-order valence-electron chi connectivity index (χ4n) is 4.19. The fourth-order valence-corrected chi connectivity index (χ4v) is 4.19. The van der Waals surface area contributed by atoms with Crippen molar-refractivity contribution < 1.29 is 28.6 Å². The second-order valence-electron chi connectivity index (χ2n) is 11.0. The molecular formula is C39H57N3O6. The molecule has 0 heterocycles. The Bertz CT molecular complexity index is 1050. The van der Waals surface area contributed by atoms with Crippen LogP contribution in [-0.2, 0) is 48.0 Å². The van der Waals surface area contributed by atoms with E-state index in [4.69, 9.17) is 14.2 Å². The number of nitrogens with one attached hydrogen (secondary N) is 3. The number of amides is 3. The van der Waals surface area contributed by atoms with Crippen LogP contribution in [0.25, 0.3) is 0 Å². The van der Waals surface area contributed by atoms with Gasteiger partial charge in [0.05, 0.1) is 13.2 Å². The fraction of sp³-hybridized carbons (Fsp3) is 0.462. The van der Waals surface area contributed by atoms with Gasteiger partial charge in [-0.2, -0.15) is 0 Å². The van der Waals surface area contributed by atoms with E-state index in [9.17, 15) is 14.4 Å². The van der Waals surface area contributed by atoms with Crippen molar-refractivity contribution in [2.75, 3.05) is 54.2 Å². The maximum atomic E-state index is 10.9. The van der Waals surface area contributed by atoms with Crippen molar-refractivity contribution in [2.24, 2.45) is 0 Å². The summed E-state index contributed by atoms with van der Waals surface area (Å²) in [6.45, 7) is 3.56. The molecule has 9 nitrogen and oxygen atoms in total. The number of benzene rings is 3. The molecule has 0 aliphatic rings. The minimum atomic E-state index is -0.0666. The SMILES string of the molecule is CNC(=O)CCCCOCc1ccccc1.CNC(=O)CCCOCCc1ccccc1.CNC(=O)COCCCCc1ccccc1. The Morgan fingerprint density at radius 3 is 1.48 bits per heavy atom. The Morgan fingerprint density at radius 1 is 0.458 bits per heavy atom. The summed E-state index contributed by atoms with van der Waals surface area (Å²) in [5, 5.41) is 7.71. The van der Waals surface area contributed by atoms with Gasteiger partial charge in [0.1, 0.15) is 6.61 Å². The largest absolute Gasteiger partial charge is 0.381 e. The topological polar surface area (TPSA) is 115 Å². The molecule has 264 valence electrons. The molecule has 48 heavy (non-hydrogen) atoms. The summed E-state index contributed by atoms with van der Waals surface area (Å²) >= 11 is 0. The third kappa shape index (κ3) is 25.1. The van der Waals surface area contributed by atoms with Crippen LogP contribution in [0.5, 0.6) is 0 Å². The molecule has 0 aromatic heterocycles. The van der Waals surface area contributed by atoms with Gasteiger partial charge in [0, 0.05) is 53.8 Å². The summed E-state index contributed by atoms with van der Waals surface area (Å²) in [6, 6.07) is 30.7. The standard InChI is InChI=1S/3C13H19NO2/c1-14-13(15)9-5-6-10-16-11-12-7-3-2-4-8-12;1-14-13(15)11-16-10-6-5-9-12-7-3-2-4-8-12;1-14-13(15)8-5-10-16-11-9-12-6-3-2-4-7-12/h2*2-4,7-8H,5-6,9-11H2,1H3,(H,14,15);2-4,6-7H,5,8-11H2,1H3,(H,14,15). The first-order chi connectivity index (χ1) is 23.5. The number of aryl methyl sites for hydroxylation is 1. The lowest BCUT2D eigenvalue weighted by molar-refractivity contribution is -0.125. The van der Waals surface area contributed by atoms with Crippen LogP contribution >= 0.6 is 0 Å². The summed E-state index contributed by atoms with van der Waals surface area (Å²) in [4.78, 5) is 32.6. The van der Waals surface area contributed by atoms with Gasteiger partial charge in [-0.05, 0) is 61.6 Å². The highest BCUT2D eigenvalue weighted by molar-refractivity contribution is 5.76. The maximum Gasteiger partial charge on any atom is 0.245 e. The molecule has 3 amide bonds. The van der Waals surface area contributed by atoms with Gasteiger partial charge >= 0.3 is 0 Å². The lowest BCUT2D eigenvalue weighted by Gasteiger charge is -2.04. The Hall–Kier alpha value is -4.05. The Balaban J connectivity index is 0.000000360. The van der Waals surface area contributed by atoms with Crippen LogP contribution in [0.1, 0.15) is 61.6 Å². The van der Waals surface area contributed by atoms with Gasteiger partial charge in [-0.25, -0.2) is 0 Å². The van der Waals surface area contributed by atoms with Crippen LogP contribution < -0.4 is 16.0 Å². The Labute approximate surface area is 288 Å². The van der Waals surface area contributed by atoms with E-state index in [1.807, 2.05) is 54.6 Å². The zero-order valence-corrected chi connectivity index (χ0v) is 29.2. The van der Waals surface area contributed by atoms with E-state index < -0.39 is 0 Å². The van der Waals surface area contributed by atoms with E-state index in [1.54, 1.807) is 21.1 Å². The number of likely N-dealkylation sites (N-methyl/N-ethyl adjacent to an activating group) is 1. The lowest BCUT2D eigenvalue weighted by Crippen LogP contribution is -2.23. The zero-order valence-electron chi connectivity index (χ0n) is 29.2. The van der Waals surface area contributed by atoms with E-state index >= 15 is 0 Å². The van der Waals surface area contributed by atoms with Gasteiger partial charge < -0.3 is 30.2 Å². The number of hydrogen-bond donors (Lipinski definition) is 3. The normalized spacial score (nSPS) is 10.1. The van der Waals surface area contributed by atoms with E-state index in [0.717, 1.165) is 51.6 Å². The molecular weight excluding hydrogens is 606 g/mol. The summed E-state index contributed by atoms with van der Waals surface area (Å²) in [7, 11) is 4.92. The molecule has 0 atom stereocenters. The van der Waals surface area contributed by atoms with Gasteiger partial charge in [0.2, 0.25) is 17.7 Å². The predicted octanol–water partition coefficient (Wildman–Crippen LogP) is 5.66. The number of rotatable bonds is 21. The first-order valence-electron chi connectivity index (χ1n) is 16.9. The van der Waals surface area contributed by atoms with E-state index in [1.165, 1.54) is 16.7 Å². The van der Waals surface area contributed by atoms with Crippen molar-refractivity contribution in [3.05, 3.63) is 108 Å². The van der Waals surface area contributed by atoms with Gasteiger partial charge in [-0.15, -0.1) is 0 Å². The molecule has 3 rings (SSSR count). The molecule has 3 aromatic rings. The van der Waals surface area contributed by atoms with Gasteiger partial charge in [-0.1, -0.05) is 91.0 Å². The van der Waals surface area contributed by atoms with Crippen LogP contribution in [0.4, 0.5) is 0 Å². The van der Waals surface area contributed by atoms with Crippen molar-refractivity contribution in [1.29, 1.82) is 0 Å². The maximum absolute atomic E-state index is 10.9. The number of hydrogen-bond acceptors (Lipinski definition) is 6. The van der Waals surface area contributed by atoms with Crippen molar-refractivity contribution in [3.8, 4) is 0 Å². The second-order valence-corrected chi connectivity index (χ2v) is 11.0. The summed E-state index contributed by atoms with van der Waals surface area (Å²) in [6.07, 6.45) is 7.82. The molecule has 0 saturated heterocycles. The number of ether oxygens (including phenoxy) is 3. The van der Waals surface area contributed by atoms with Crippen molar-refractivity contribution in [3.63, 3.8) is 0 Å². The molecule has 0 saturated carbocycles. The first-order valence-corrected chi connectivity index (χ1v) is 16.9. The lowest BCUT2D eigenvalue weighted by atomic mass is 10.1. The highest BCUT2D eigenvalue weighted by atomic mass is 16.5. The monoisotopic (exact) mass is 663 g/mol. The van der Waals surface area contributed by atoms with Crippen LogP contribution in [0.2, 0.25) is 0 Å². The summed E-state index contributed by atoms with van der Waals surface area (Å²) in [5.74, 6) is 0.109. The van der Waals surface area contributed by atoms with E-state index in [-0.39, 0.29) is 24.3 Å². The highest BCUT2D eigenvalue weighted by Crippen LogP contribution is 2.05. The Kier molecular flexibility index (Phi) is 26.5. The van der Waals surface area contributed by atoms with Crippen LogP contribution in [-0.4, -0.2) is 71.9 Å². The minimum absolute atomic E-state index is 0.0666. The Morgan fingerprint density at radius 2 is 0.917 bits per heavy atom. The van der Waals surface area contributed by atoms with Crippen LogP contribution in [0, 0.1) is 0 Å². The average molecular weight is 664 g/mol. The molecule has 0 spiro atoms. The third-order valence-electron chi connectivity index (χ3n) is 7.04. The van der Waals surface area contributed by atoms with E-state index in [2.05, 4.69) is 52.3 Å². The predicted molar refractivity (Wildman–Crippen MR) is 193 cm³/mol. The third-order valence-corrected chi connectivity index (χ3v) is 7.04. The molecule has 0 fully saturated rings. The van der Waals surface area contributed by atoms with Crippen LogP contribution in [0.3, 0.4) is 0 Å². The van der Waals surface area contributed by atoms with Gasteiger partial charge in [-0.3, -0.25) is 14.4 Å². The number of carbonyl (C=O) groups excluding carboxylic acids is 3. The van der Waals surface area contributed by atoms with E-state index in [0.29, 0.717) is 39.3 Å². The zero-order chi connectivity index (χ0) is 34.9. The molecule has 0 aliphatic carbocycles. The molecule has 3 N–H and O–H groups in total. The first kappa shape index (κ1) is 42.0. The number of unbranched alkanes of at least 4 members (excludes halogenated alkanes) is 2. The van der Waals surface area contributed by atoms with Crippen molar-refractivity contribution in [2.45, 2.75) is 64.4 Å². The van der Waals surface area contributed by atoms with Crippen LogP contribution in [0.15, 0.2) is 91.0 Å². The smallest absolute Gasteiger partial charge is 0.245 e. The molecule has 0 unspecified atom stereocenters. The molecule has 9 heteroatoms. The minimum Gasteiger partial charge on any atom is -0.381 e. The van der Waals surface area contributed by atoms with Gasteiger partial charge in [0.25, 0.3) is 0 Å². The van der Waals surface area contributed by atoms with Gasteiger partial charge in [0.15, 0.2) is 0 Å². The average Bonchev–Trinajstić information content (AvgIpc) is 3.14. The molecule has 0 bridgehead atoms. The second kappa shape index (κ2) is 30.3. The highest BCUT2D eigenvalue weighted by Gasteiger charge is 1.99. The summed E-state index contributed by atoms with van der Waals surface area (Å²) in [5.41, 5.74) is 3.83. The molecule has 0 radical (unpaired) electrons. The molecule has 3 aromatic carbocycles. The molecule has 0 aliphatic heterocycles. The van der Waals surface area contributed by atoms with Crippen molar-refractivity contribution in [1.82, 2.24) is 16.0 Å². The number of carbonyl (C=O) groups is 3.